The Kier molecular flexibility index (Phi) is 7.82. The van der Waals surface area contributed by atoms with E-state index in [0.29, 0.717) is 17.2 Å². The van der Waals surface area contributed by atoms with E-state index in [0.717, 1.165) is 22.6 Å². The molecule has 0 radical (unpaired) electrons. The molecular weight excluding hydrogens is 509 g/mol. The Morgan fingerprint density at radius 3 is 2.41 bits per heavy atom. The Morgan fingerprint density at radius 2 is 1.73 bits per heavy atom. The van der Waals surface area contributed by atoms with Crippen molar-refractivity contribution in [1.29, 1.82) is 0 Å². The molecule has 3 aromatic rings. The maximum Gasteiger partial charge on any atom is 0.573 e. The molecule has 1 aliphatic heterocycles. The number of para-hydroxylation sites is 1. The summed E-state index contributed by atoms with van der Waals surface area (Å²) in [6, 6.07) is 17.6. The maximum absolute atomic E-state index is 13.4. The van der Waals surface area contributed by atoms with Gasteiger partial charge in [0.2, 0.25) is 11.8 Å². The van der Waals surface area contributed by atoms with Crippen LogP contribution in [0.1, 0.15) is 17.2 Å². The second-order valence-electron chi connectivity index (χ2n) is 7.99. The molecule has 1 aliphatic rings. The first-order valence-electron chi connectivity index (χ1n) is 11.1. The predicted molar refractivity (Wildman–Crippen MR) is 133 cm³/mol. The van der Waals surface area contributed by atoms with Crippen molar-refractivity contribution in [3.05, 3.63) is 72.3 Å². The molecule has 0 saturated carbocycles. The van der Waals surface area contributed by atoms with E-state index in [1.807, 2.05) is 24.3 Å². The van der Waals surface area contributed by atoms with Crippen LogP contribution in [0.15, 0.2) is 71.6 Å². The number of hydrogen-bond donors (Lipinski definition) is 1. The van der Waals surface area contributed by atoms with Crippen LogP contribution < -0.4 is 24.4 Å². The molecule has 1 N–H and O–H groups in total. The van der Waals surface area contributed by atoms with Crippen molar-refractivity contribution in [3.8, 4) is 17.2 Å². The molecule has 0 aliphatic carbocycles. The van der Waals surface area contributed by atoms with Gasteiger partial charge in [-0.3, -0.25) is 9.59 Å². The molecule has 0 unspecified atom stereocenters. The molecule has 0 saturated heterocycles. The lowest BCUT2D eigenvalue weighted by atomic mass is 10.1. The van der Waals surface area contributed by atoms with Gasteiger partial charge in [0.15, 0.2) is 11.5 Å². The summed E-state index contributed by atoms with van der Waals surface area (Å²) < 4.78 is 51.7. The van der Waals surface area contributed by atoms with Crippen molar-refractivity contribution in [2.75, 3.05) is 31.0 Å². The summed E-state index contributed by atoms with van der Waals surface area (Å²) in [5.74, 6) is -0.0229. The van der Waals surface area contributed by atoms with E-state index in [4.69, 9.17) is 9.47 Å². The lowest BCUT2D eigenvalue weighted by Crippen LogP contribution is -2.38. The van der Waals surface area contributed by atoms with E-state index >= 15 is 0 Å². The number of halogens is 3. The SMILES string of the molecule is COc1ccc([C@@H]2CC(=O)N(CC(=O)Nc3ccc(OC(F)(F)F)cc3)c3ccccc3S2)cc1OC. The molecule has 37 heavy (non-hydrogen) atoms. The second kappa shape index (κ2) is 11.0. The number of benzene rings is 3. The van der Waals surface area contributed by atoms with Crippen LogP contribution in [0.25, 0.3) is 0 Å². The lowest BCUT2D eigenvalue weighted by Gasteiger charge is -2.22. The third-order valence-electron chi connectivity index (χ3n) is 5.54. The highest BCUT2D eigenvalue weighted by molar-refractivity contribution is 7.99. The molecule has 3 aromatic carbocycles. The van der Waals surface area contributed by atoms with Gasteiger partial charge in [-0.05, 0) is 54.1 Å². The van der Waals surface area contributed by atoms with Gasteiger partial charge in [-0.25, -0.2) is 0 Å². The van der Waals surface area contributed by atoms with Gasteiger partial charge in [0.25, 0.3) is 0 Å². The summed E-state index contributed by atoms with van der Waals surface area (Å²) in [7, 11) is 3.09. The van der Waals surface area contributed by atoms with Crippen LogP contribution in [0.3, 0.4) is 0 Å². The van der Waals surface area contributed by atoms with Gasteiger partial charge in [0.1, 0.15) is 12.3 Å². The molecule has 1 heterocycles. The zero-order valence-electron chi connectivity index (χ0n) is 19.9. The van der Waals surface area contributed by atoms with Crippen LogP contribution in [0.5, 0.6) is 17.2 Å². The van der Waals surface area contributed by atoms with Crippen LogP contribution in [-0.4, -0.2) is 38.9 Å². The third-order valence-corrected chi connectivity index (χ3v) is 6.86. The molecule has 0 fully saturated rings. The number of hydrogen-bond acceptors (Lipinski definition) is 6. The van der Waals surface area contributed by atoms with Crippen LogP contribution >= 0.6 is 11.8 Å². The van der Waals surface area contributed by atoms with E-state index in [1.54, 1.807) is 32.4 Å². The highest BCUT2D eigenvalue weighted by Gasteiger charge is 2.32. The summed E-state index contributed by atoms with van der Waals surface area (Å²) in [5, 5.41) is 2.38. The van der Waals surface area contributed by atoms with Crippen LogP contribution in [0, 0.1) is 0 Å². The normalized spacial score (nSPS) is 15.4. The van der Waals surface area contributed by atoms with Gasteiger partial charge in [0.05, 0.1) is 19.9 Å². The van der Waals surface area contributed by atoms with E-state index < -0.39 is 18.0 Å². The van der Waals surface area contributed by atoms with Gasteiger partial charge >= 0.3 is 6.36 Å². The number of thioether (sulfide) groups is 1. The lowest BCUT2D eigenvalue weighted by molar-refractivity contribution is -0.274. The van der Waals surface area contributed by atoms with E-state index in [1.165, 1.54) is 28.8 Å². The van der Waals surface area contributed by atoms with Gasteiger partial charge in [-0.2, -0.15) is 0 Å². The number of fused-ring (bicyclic) bond motifs is 1. The van der Waals surface area contributed by atoms with Crippen molar-refractivity contribution in [1.82, 2.24) is 0 Å². The quantitative estimate of drug-likeness (QED) is 0.414. The first kappa shape index (κ1) is 26.2. The average molecular weight is 533 g/mol. The largest absolute Gasteiger partial charge is 0.573 e. The van der Waals surface area contributed by atoms with Gasteiger partial charge in [-0.1, -0.05) is 18.2 Å². The summed E-state index contributed by atoms with van der Waals surface area (Å²) in [6.45, 7) is -0.268. The summed E-state index contributed by atoms with van der Waals surface area (Å²) in [6.07, 6.45) is -4.68. The van der Waals surface area contributed by atoms with Crippen molar-refractivity contribution < 1.29 is 37.0 Å². The Labute approximate surface area is 215 Å². The summed E-state index contributed by atoms with van der Waals surface area (Å²) in [4.78, 5) is 28.4. The molecule has 0 aromatic heterocycles. The number of alkyl halides is 3. The van der Waals surface area contributed by atoms with Crippen molar-refractivity contribution in [3.63, 3.8) is 0 Å². The van der Waals surface area contributed by atoms with Crippen LogP contribution in [0.2, 0.25) is 0 Å². The van der Waals surface area contributed by atoms with Gasteiger partial charge < -0.3 is 24.4 Å². The van der Waals surface area contributed by atoms with Gasteiger partial charge in [0, 0.05) is 22.3 Å². The number of carbonyl (C=O) groups is 2. The summed E-state index contributed by atoms with van der Waals surface area (Å²) >= 11 is 1.51. The number of amides is 2. The number of nitrogens with zero attached hydrogens (tertiary/aromatic N) is 1. The fourth-order valence-electron chi connectivity index (χ4n) is 3.87. The fraction of sp³-hybridized carbons (Fsp3) is 0.231. The molecule has 2 amide bonds. The molecule has 1 atom stereocenters. The van der Waals surface area contributed by atoms with E-state index in [9.17, 15) is 22.8 Å². The zero-order chi connectivity index (χ0) is 26.6. The molecule has 0 bridgehead atoms. The van der Waals surface area contributed by atoms with Crippen molar-refractivity contribution >= 4 is 35.0 Å². The smallest absolute Gasteiger partial charge is 0.493 e. The highest BCUT2D eigenvalue weighted by Crippen LogP contribution is 2.46. The van der Waals surface area contributed by atoms with Crippen LogP contribution in [-0.2, 0) is 9.59 Å². The molecule has 11 heteroatoms. The number of ether oxygens (including phenoxy) is 3. The summed E-state index contributed by atoms with van der Waals surface area (Å²) in [5.41, 5.74) is 1.75. The molecular formula is C26H23F3N2O5S. The first-order chi connectivity index (χ1) is 17.7. The number of methoxy groups -OCH3 is 2. The minimum Gasteiger partial charge on any atom is -0.493 e. The highest BCUT2D eigenvalue weighted by atomic mass is 32.2. The Bertz CT molecular complexity index is 1280. The zero-order valence-corrected chi connectivity index (χ0v) is 20.7. The predicted octanol–water partition coefficient (Wildman–Crippen LogP) is 5.81. The number of anilines is 2. The Morgan fingerprint density at radius 1 is 1.03 bits per heavy atom. The first-order valence-corrected chi connectivity index (χ1v) is 12.0. The minimum absolute atomic E-state index is 0.131. The number of rotatable bonds is 7. The topological polar surface area (TPSA) is 77.1 Å². The standard InChI is InChI=1S/C26H23F3N2O5S/c1-34-20-12-7-16(13-21(20)35-2)23-14-25(33)31(19-5-3-4-6-22(19)37-23)15-24(32)30-17-8-10-18(11-9-17)36-26(27,28)29/h3-13,23H,14-15H2,1-2H3,(H,30,32)/t23-/m0/s1. The Hall–Kier alpha value is -3.86. The third kappa shape index (κ3) is 6.48. The molecule has 0 spiro atoms. The second-order valence-corrected chi connectivity index (χ2v) is 9.24. The van der Waals surface area contributed by atoms with Gasteiger partial charge in [-0.15, -0.1) is 24.9 Å². The number of carbonyl (C=O) groups excluding carboxylic acids is 2. The van der Waals surface area contributed by atoms with Crippen molar-refractivity contribution in [2.24, 2.45) is 0 Å². The van der Waals surface area contributed by atoms with Crippen LogP contribution in [0.4, 0.5) is 24.5 Å². The molecule has 194 valence electrons. The minimum atomic E-state index is -4.81. The monoisotopic (exact) mass is 532 g/mol. The van der Waals surface area contributed by atoms with E-state index in [-0.39, 0.29) is 29.8 Å². The number of nitrogens with one attached hydrogen (secondary N) is 1. The fourth-order valence-corrected chi connectivity index (χ4v) is 5.15. The Balaban J connectivity index is 1.52. The van der Waals surface area contributed by atoms with E-state index in [2.05, 4.69) is 10.1 Å². The van der Waals surface area contributed by atoms with Crippen molar-refractivity contribution in [2.45, 2.75) is 22.9 Å². The molecule has 4 rings (SSSR count). The maximum atomic E-state index is 13.4. The average Bonchev–Trinajstić information content (AvgIpc) is 3.00. The molecule has 7 nitrogen and oxygen atoms in total.